The minimum Gasteiger partial charge on any atom is -0.492 e. The molecule has 1 N–H and O–H groups in total. The molecular weight excluding hydrogens is 149 g/mol. The third-order valence-electron chi connectivity index (χ3n) is 1.32. The van der Waals surface area contributed by atoms with E-state index in [9.17, 15) is 4.39 Å². The van der Waals surface area contributed by atoms with Gasteiger partial charge in [0.2, 0.25) is 0 Å². The topological polar surface area (TPSA) is 42.4 Å². The summed E-state index contributed by atoms with van der Waals surface area (Å²) in [4.78, 5) is 3.36. The van der Waals surface area contributed by atoms with Crippen molar-refractivity contribution < 1.29 is 14.2 Å². The Labute approximate surface area is 63.5 Å². The van der Waals surface area contributed by atoms with Gasteiger partial charge in [-0.15, -0.1) is 0 Å². The number of methoxy groups -OCH3 is 1. The van der Waals surface area contributed by atoms with E-state index in [0.29, 0.717) is 5.56 Å². The van der Waals surface area contributed by atoms with E-state index >= 15 is 0 Å². The Morgan fingerprint density at radius 2 is 2.45 bits per heavy atom. The number of rotatable bonds is 2. The number of halogens is 1. The van der Waals surface area contributed by atoms with E-state index in [1.165, 1.54) is 19.4 Å². The first-order valence-corrected chi connectivity index (χ1v) is 3.07. The molecule has 60 valence electrons. The molecule has 1 aromatic rings. The molecule has 0 bridgehead atoms. The monoisotopic (exact) mass is 157 g/mol. The molecule has 0 saturated carbocycles. The molecule has 0 radical (unpaired) electrons. The maximum absolute atomic E-state index is 12.7. The van der Waals surface area contributed by atoms with Crippen molar-refractivity contribution in [3.05, 3.63) is 23.8 Å². The number of aliphatic hydroxyl groups is 1. The number of hydrogen-bond donors (Lipinski definition) is 1. The van der Waals surface area contributed by atoms with Crippen LogP contribution in [0, 0.1) is 5.95 Å². The smallest absolute Gasteiger partial charge is 0.255 e. The summed E-state index contributed by atoms with van der Waals surface area (Å²) in [5, 5.41) is 8.70. The zero-order valence-corrected chi connectivity index (χ0v) is 6.04. The van der Waals surface area contributed by atoms with Gasteiger partial charge in [-0.1, -0.05) is 0 Å². The van der Waals surface area contributed by atoms with Gasteiger partial charge in [-0.2, -0.15) is 4.39 Å². The summed E-state index contributed by atoms with van der Waals surface area (Å²) < 4.78 is 17.4. The van der Waals surface area contributed by atoms with Gasteiger partial charge in [-0.25, -0.2) is 4.98 Å². The minimum atomic E-state index is -0.695. The summed E-state index contributed by atoms with van der Waals surface area (Å²) in [5.41, 5.74) is 0.403. The van der Waals surface area contributed by atoms with Crippen molar-refractivity contribution in [2.45, 2.75) is 6.61 Å². The normalized spacial score (nSPS) is 9.73. The van der Waals surface area contributed by atoms with Crippen molar-refractivity contribution in [3.8, 4) is 5.75 Å². The predicted molar refractivity (Wildman–Crippen MR) is 36.7 cm³/mol. The van der Waals surface area contributed by atoms with Gasteiger partial charge in [0.1, 0.15) is 0 Å². The molecule has 1 aromatic heterocycles. The van der Waals surface area contributed by atoms with Crippen LogP contribution in [0.1, 0.15) is 5.56 Å². The lowest BCUT2D eigenvalue weighted by Gasteiger charge is -2.04. The maximum atomic E-state index is 12.7. The molecule has 0 aliphatic heterocycles. The van der Waals surface area contributed by atoms with Gasteiger partial charge in [0.15, 0.2) is 5.75 Å². The molecule has 0 aromatic carbocycles. The molecule has 4 heteroatoms. The zero-order valence-electron chi connectivity index (χ0n) is 6.04. The predicted octanol–water partition coefficient (Wildman–Crippen LogP) is 0.722. The lowest BCUT2D eigenvalue weighted by atomic mass is 10.2. The maximum Gasteiger partial charge on any atom is 0.255 e. The number of nitrogens with zero attached hydrogens (tertiary/aromatic N) is 1. The van der Waals surface area contributed by atoms with Gasteiger partial charge >= 0.3 is 0 Å². The molecule has 0 spiro atoms. The van der Waals surface area contributed by atoms with E-state index < -0.39 is 5.95 Å². The molecule has 0 aliphatic carbocycles. The Morgan fingerprint density at radius 1 is 1.73 bits per heavy atom. The number of pyridine rings is 1. The zero-order chi connectivity index (χ0) is 8.27. The highest BCUT2D eigenvalue weighted by molar-refractivity contribution is 5.30. The van der Waals surface area contributed by atoms with Crippen LogP contribution in [-0.2, 0) is 6.61 Å². The largest absolute Gasteiger partial charge is 0.492 e. The van der Waals surface area contributed by atoms with Crippen molar-refractivity contribution in [1.29, 1.82) is 0 Å². The fourth-order valence-electron chi connectivity index (χ4n) is 0.799. The number of ether oxygens (including phenoxy) is 1. The molecule has 0 unspecified atom stereocenters. The van der Waals surface area contributed by atoms with Crippen LogP contribution in [-0.4, -0.2) is 17.2 Å². The van der Waals surface area contributed by atoms with Crippen LogP contribution in [0.4, 0.5) is 4.39 Å². The molecule has 3 nitrogen and oxygen atoms in total. The molecule has 11 heavy (non-hydrogen) atoms. The van der Waals surface area contributed by atoms with E-state index in [1.54, 1.807) is 0 Å². The highest BCUT2D eigenvalue weighted by atomic mass is 19.1. The molecule has 1 heterocycles. The Bertz CT molecular complexity index is 252. The first-order chi connectivity index (χ1) is 5.29. The van der Waals surface area contributed by atoms with Crippen LogP contribution in [0.15, 0.2) is 12.3 Å². The fraction of sp³-hybridized carbons (Fsp3) is 0.286. The van der Waals surface area contributed by atoms with E-state index in [1.807, 2.05) is 0 Å². The summed E-state index contributed by atoms with van der Waals surface area (Å²) in [6.45, 7) is -0.247. The van der Waals surface area contributed by atoms with E-state index in [4.69, 9.17) is 5.11 Å². The van der Waals surface area contributed by atoms with Crippen LogP contribution >= 0.6 is 0 Å². The molecule has 1 rings (SSSR count). The van der Waals surface area contributed by atoms with Gasteiger partial charge in [0, 0.05) is 11.8 Å². The average Bonchev–Trinajstić information content (AvgIpc) is 2.04. The second-order valence-electron chi connectivity index (χ2n) is 1.95. The first kappa shape index (κ1) is 7.94. The SMILES string of the molecule is COc1c(CO)ccnc1F. The Hall–Kier alpha value is -1.16. The fourth-order valence-corrected chi connectivity index (χ4v) is 0.799. The van der Waals surface area contributed by atoms with Crippen molar-refractivity contribution in [3.63, 3.8) is 0 Å². The van der Waals surface area contributed by atoms with Crippen molar-refractivity contribution in [2.24, 2.45) is 0 Å². The van der Waals surface area contributed by atoms with Crippen LogP contribution in [0.25, 0.3) is 0 Å². The molecule has 0 fully saturated rings. The third kappa shape index (κ3) is 1.46. The van der Waals surface area contributed by atoms with Gasteiger partial charge in [0.05, 0.1) is 13.7 Å². The van der Waals surface area contributed by atoms with Crippen LogP contribution in [0.5, 0.6) is 5.75 Å². The molecule has 0 amide bonds. The molecule has 0 aliphatic rings. The molecule has 0 atom stereocenters. The number of aliphatic hydroxyl groups excluding tert-OH is 1. The summed E-state index contributed by atoms with van der Waals surface area (Å²) in [6, 6.07) is 1.50. The highest BCUT2D eigenvalue weighted by Crippen LogP contribution is 2.19. The molecule has 0 saturated heterocycles. The standard InChI is InChI=1S/C7H8FNO2/c1-11-6-5(4-10)2-3-9-7(6)8/h2-3,10H,4H2,1H3. The van der Waals surface area contributed by atoms with Gasteiger partial charge in [0.25, 0.3) is 5.95 Å². The van der Waals surface area contributed by atoms with Gasteiger partial charge < -0.3 is 9.84 Å². The quantitative estimate of drug-likeness (QED) is 0.643. The van der Waals surface area contributed by atoms with Crippen molar-refractivity contribution in [1.82, 2.24) is 4.98 Å². The van der Waals surface area contributed by atoms with Crippen LogP contribution in [0.2, 0.25) is 0 Å². The molecular formula is C7H8FNO2. The average molecular weight is 157 g/mol. The Morgan fingerprint density at radius 3 is 2.91 bits per heavy atom. The first-order valence-electron chi connectivity index (χ1n) is 3.07. The van der Waals surface area contributed by atoms with Crippen molar-refractivity contribution >= 4 is 0 Å². The summed E-state index contributed by atoms with van der Waals surface area (Å²) in [7, 11) is 1.33. The highest BCUT2D eigenvalue weighted by Gasteiger charge is 2.07. The lowest BCUT2D eigenvalue weighted by molar-refractivity contribution is 0.269. The van der Waals surface area contributed by atoms with Crippen LogP contribution < -0.4 is 4.74 Å². The number of aromatic nitrogens is 1. The van der Waals surface area contributed by atoms with E-state index in [-0.39, 0.29) is 12.4 Å². The van der Waals surface area contributed by atoms with Gasteiger partial charge in [-0.3, -0.25) is 0 Å². The third-order valence-corrected chi connectivity index (χ3v) is 1.32. The van der Waals surface area contributed by atoms with Crippen LogP contribution in [0.3, 0.4) is 0 Å². The minimum absolute atomic E-state index is 0.00926. The van der Waals surface area contributed by atoms with Crippen molar-refractivity contribution in [2.75, 3.05) is 7.11 Å². The summed E-state index contributed by atoms with van der Waals surface area (Å²) in [5.74, 6) is -0.686. The Kier molecular flexibility index (Phi) is 2.38. The Balaban J connectivity index is 3.13. The van der Waals surface area contributed by atoms with Gasteiger partial charge in [-0.05, 0) is 6.07 Å². The summed E-state index contributed by atoms with van der Waals surface area (Å²) >= 11 is 0. The van der Waals surface area contributed by atoms with E-state index in [0.717, 1.165) is 0 Å². The lowest BCUT2D eigenvalue weighted by Crippen LogP contribution is -1.96. The number of hydrogen-bond acceptors (Lipinski definition) is 3. The van der Waals surface area contributed by atoms with E-state index in [2.05, 4.69) is 9.72 Å². The second kappa shape index (κ2) is 3.30. The summed E-state index contributed by atoms with van der Waals surface area (Å²) in [6.07, 6.45) is 1.28. The second-order valence-corrected chi connectivity index (χ2v) is 1.95.